The first-order valence-corrected chi connectivity index (χ1v) is 14.7. The maximum atomic E-state index is 14.2. The highest BCUT2D eigenvalue weighted by molar-refractivity contribution is 5.73. The quantitative estimate of drug-likeness (QED) is 0.352. The summed E-state index contributed by atoms with van der Waals surface area (Å²) < 4.78 is 40.8. The molecule has 5 rings (SSSR count). The Morgan fingerprint density at radius 2 is 1.74 bits per heavy atom. The summed E-state index contributed by atoms with van der Waals surface area (Å²) in [6.07, 6.45) is 9.20. The molecule has 2 heterocycles. The van der Waals surface area contributed by atoms with E-state index < -0.39 is 23.6 Å². The maximum Gasteiger partial charge on any atom is 0.320 e. The second kappa shape index (κ2) is 12.9. The van der Waals surface area contributed by atoms with Gasteiger partial charge in [-0.05, 0) is 98.3 Å². The summed E-state index contributed by atoms with van der Waals surface area (Å²) in [5, 5.41) is 10.1. The van der Waals surface area contributed by atoms with Gasteiger partial charge < -0.3 is 10.0 Å². The Hall–Kier alpha value is -2.38. The van der Waals surface area contributed by atoms with Crippen molar-refractivity contribution in [3.8, 4) is 0 Å². The van der Waals surface area contributed by atoms with Crippen LogP contribution in [0, 0.1) is 35.2 Å². The zero-order chi connectivity index (χ0) is 27.4. The van der Waals surface area contributed by atoms with Gasteiger partial charge in [-0.25, -0.2) is 13.2 Å². The molecule has 3 aliphatic rings. The average Bonchev–Trinajstić information content (AvgIpc) is 3.29. The summed E-state index contributed by atoms with van der Waals surface area (Å²) in [6.45, 7) is 4.31. The Balaban J connectivity index is 1.16. The summed E-state index contributed by atoms with van der Waals surface area (Å²) >= 11 is 0. The summed E-state index contributed by atoms with van der Waals surface area (Å²) in [5.74, 6) is -1.02. The number of carboxylic acid groups (broad SMARTS) is 1. The molecule has 0 radical (unpaired) electrons. The van der Waals surface area contributed by atoms with Gasteiger partial charge in [0.05, 0.1) is 0 Å². The van der Waals surface area contributed by atoms with Crippen LogP contribution in [0.2, 0.25) is 0 Å². The van der Waals surface area contributed by atoms with E-state index in [0.717, 1.165) is 82.3 Å². The highest BCUT2D eigenvalue weighted by Gasteiger charge is 2.41. The first kappa shape index (κ1) is 28.2. The topological polar surface area (TPSA) is 43.8 Å². The molecule has 0 bridgehead atoms. The molecule has 0 aromatic heterocycles. The van der Waals surface area contributed by atoms with E-state index >= 15 is 0 Å². The molecule has 1 aliphatic carbocycles. The van der Waals surface area contributed by atoms with Crippen LogP contribution in [0.5, 0.6) is 0 Å². The second-order valence-electron chi connectivity index (χ2n) is 12.1. The van der Waals surface area contributed by atoms with E-state index in [1.165, 1.54) is 24.6 Å². The monoisotopic (exact) mass is 542 g/mol. The lowest BCUT2D eigenvalue weighted by Crippen LogP contribution is -2.43. The van der Waals surface area contributed by atoms with Gasteiger partial charge in [0.1, 0.15) is 11.9 Å². The summed E-state index contributed by atoms with van der Waals surface area (Å²) in [6, 6.07) is 10.6. The molecule has 2 aromatic rings. The molecule has 39 heavy (non-hydrogen) atoms. The molecule has 4 nitrogen and oxygen atoms in total. The average molecular weight is 543 g/mol. The van der Waals surface area contributed by atoms with Crippen molar-refractivity contribution in [1.82, 2.24) is 9.80 Å². The summed E-state index contributed by atoms with van der Waals surface area (Å²) in [5.41, 5.74) is 1.82. The lowest BCUT2D eigenvalue weighted by molar-refractivity contribution is -0.144. The van der Waals surface area contributed by atoms with E-state index in [1.807, 2.05) is 6.07 Å². The summed E-state index contributed by atoms with van der Waals surface area (Å²) in [7, 11) is 0. The normalized spacial score (nSPS) is 24.1. The van der Waals surface area contributed by atoms with Gasteiger partial charge in [-0.1, -0.05) is 43.9 Å². The zero-order valence-corrected chi connectivity index (χ0v) is 22.7. The fourth-order valence-electron chi connectivity index (χ4n) is 6.99. The third-order valence-electron chi connectivity index (χ3n) is 9.51. The van der Waals surface area contributed by atoms with Gasteiger partial charge in [-0.2, -0.15) is 0 Å². The third-order valence-corrected chi connectivity index (χ3v) is 9.51. The third kappa shape index (κ3) is 7.23. The molecule has 1 N–H and O–H groups in total. The Labute approximate surface area is 230 Å². The number of hydrogen-bond acceptors (Lipinski definition) is 3. The van der Waals surface area contributed by atoms with Crippen LogP contribution in [-0.2, 0) is 11.2 Å². The Morgan fingerprint density at radius 1 is 0.949 bits per heavy atom. The van der Waals surface area contributed by atoms with Crippen LogP contribution in [0.3, 0.4) is 0 Å². The number of nitrogens with zero attached hydrogens (tertiary/aromatic N) is 2. The fraction of sp³-hybridized carbons (Fsp3) is 0.594. The van der Waals surface area contributed by atoms with Crippen molar-refractivity contribution < 1.29 is 23.1 Å². The second-order valence-corrected chi connectivity index (χ2v) is 12.1. The van der Waals surface area contributed by atoms with Gasteiger partial charge >= 0.3 is 5.97 Å². The van der Waals surface area contributed by atoms with Crippen LogP contribution in [-0.4, -0.2) is 59.6 Å². The lowest BCUT2D eigenvalue weighted by atomic mass is 9.80. The van der Waals surface area contributed by atoms with Crippen molar-refractivity contribution in [2.75, 3.05) is 32.7 Å². The van der Waals surface area contributed by atoms with E-state index in [-0.39, 0.29) is 17.7 Å². The van der Waals surface area contributed by atoms with Crippen LogP contribution in [0.15, 0.2) is 42.5 Å². The van der Waals surface area contributed by atoms with E-state index in [4.69, 9.17) is 0 Å². The molecule has 2 aromatic carbocycles. The molecule has 0 amide bonds. The van der Waals surface area contributed by atoms with Crippen LogP contribution >= 0.6 is 0 Å². The van der Waals surface area contributed by atoms with Crippen molar-refractivity contribution in [2.24, 2.45) is 17.8 Å². The van der Waals surface area contributed by atoms with Gasteiger partial charge in [0, 0.05) is 25.6 Å². The number of carbonyl (C=O) groups is 1. The Morgan fingerprint density at radius 3 is 2.41 bits per heavy atom. The van der Waals surface area contributed by atoms with Crippen LogP contribution < -0.4 is 0 Å². The molecule has 3 fully saturated rings. The van der Waals surface area contributed by atoms with E-state index in [1.54, 1.807) is 18.2 Å². The van der Waals surface area contributed by atoms with Crippen molar-refractivity contribution in [3.05, 3.63) is 71.0 Å². The molecule has 2 aliphatic heterocycles. The predicted molar refractivity (Wildman–Crippen MR) is 146 cm³/mol. The zero-order valence-electron chi connectivity index (χ0n) is 22.7. The number of hydrogen-bond donors (Lipinski definition) is 1. The highest BCUT2D eigenvalue weighted by atomic mass is 19.2. The van der Waals surface area contributed by atoms with Crippen molar-refractivity contribution in [3.63, 3.8) is 0 Å². The van der Waals surface area contributed by atoms with E-state index in [2.05, 4.69) is 9.80 Å². The van der Waals surface area contributed by atoms with Gasteiger partial charge in [0.15, 0.2) is 11.6 Å². The largest absolute Gasteiger partial charge is 0.480 e. The molecular weight excluding hydrogens is 501 g/mol. The minimum absolute atomic E-state index is 0.123. The molecule has 2 saturated heterocycles. The number of aliphatic carboxylic acids is 1. The minimum atomic E-state index is -0.798. The first-order chi connectivity index (χ1) is 18.9. The van der Waals surface area contributed by atoms with Gasteiger partial charge in [-0.15, -0.1) is 0 Å². The van der Waals surface area contributed by atoms with Crippen molar-refractivity contribution in [2.45, 2.75) is 69.7 Å². The minimum Gasteiger partial charge on any atom is -0.480 e. The van der Waals surface area contributed by atoms with Crippen LogP contribution in [0.1, 0.15) is 68.4 Å². The molecule has 1 saturated carbocycles. The molecule has 3 atom stereocenters. The molecule has 212 valence electrons. The number of piperidine rings is 1. The van der Waals surface area contributed by atoms with Crippen molar-refractivity contribution >= 4 is 5.97 Å². The number of rotatable bonds is 11. The SMILES string of the molecule is O=C(O)[C@@H](CC1CCC1)N1CC(CN2CCC(CCCc3ccc(F)c(F)c3)CC2)C(c2cccc(F)c2)C1. The van der Waals surface area contributed by atoms with Crippen molar-refractivity contribution in [1.29, 1.82) is 0 Å². The molecular formula is C32H41F3N2O2. The van der Waals surface area contributed by atoms with Crippen LogP contribution in [0.4, 0.5) is 13.2 Å². The summed E-state index contributed by atoms with van der Waals surface area (Å²) in [4.78, 5) is 16.9. The number of benzene rings is 2. The predicted octanol–water partition coefficient (Wildman–Crippen LogP) is 6.50. The number of likely N-dealkylation sites (tertiary alicyclic amines) is 2. The Kier molecular flexibility index (Phi) is 9.28. The highest BCUT2D eigenvalue weighted by Crippen LogP contribution is 2.38. The number of carboxylic acids is 1. The smallest absolute Gasteiger partial charge is 0.320 e. The molecule has 7 heteroatoms. The van der Waals surface area contributed by atoms with E-state index in [9.17, 15) is 23.1 Å². The fourth-order valence-corrected chi connectivity index (χ4v) is 6.99. The van der Waals surface area contributed by atoms with Gasteiger partial charge in [0.2, 0.25) is 0 Å². The standard InChI is InChI=1S/C32H41F3N2O2/c33-27-9-3-8-25(18-27)28-21-37(31(32(38)39)17-23-5-2-6-23)20-26(28)19-36-14-12-22(13-15-36)4-1-7-24-10-11-29(34)30(35)16-24/h3,8-11,16,18,22-23,26,28,31H,1-2,4-7,12-15,17,19-21H2,(H,38,39)/t26?,28?,31-/m1/s1. The number of halogens is 3. The maximum absolute atomic E-state index is 14.2. The first-order valence-electron chi connectivity index (χ1n) is 14.7. The Bertz CT molecular complexity index is 1120. The molecule has 2 unspecified atom stereocenters. The van der Waals surface area contributed by atoms with Gasteiger partial charge in [-0.3, -0.25) is 9.69 Å². The molecule has 0 spiro atoms. The van der Waals surface area contributed by atoms with E-state index in [0.29, 0.717) is 24.8 Å². The van der Waals surface area contributed by atoms with Gasteiger partial charge in [0.25, 0.3) is 0 Å². The lowest BCUT2D eigenvalue weighted by Gasteiger charge is -2.35. The van der Waals surface area contributed by atoms with Crippen LogP contribution in [0.25, 0.3) is 0 Å². The number of aryl methyl sites for hydroxylation is 1.